The number of fused-ring (bicyclic) bond motifs is 1. The van der Waals surface area contributed by atoms with Crippen molar-refractivity contribution in [2.24, 2.45) is 0 Å². The molecule has 1 aromatic heterocycles. The Morgan fingerprint density at radius 1 is 1.10 bits per heavy atom. The number of nitrogens with zero attached hydrogens (tertiary/aromatic N) is 3. The summed E-state index contributed by atoms with van der Waals surface area (Å²) in [7, 11) is 0. The highest BCUT2D eigenvalue weighted by molar-refractivity contribution is 5.81. The zero-order chi connectivity index (χ0) is 20.8. The van der Waals surface area contributed by atoms with Crippen LogP contribution in [0.25, 0.3) is 11.0 Å². The van der Waals surface area contributed by atoms with E-state index in [1.807, 2.05) is 29.2 Å². The van der Waals surface area contributed by atoms with Gasteiger partial charge in [0.05, 0.1) is 11.0 Å². The summed E-state index contributed by atoms with van der Waals surface area (Å²) in [6, 6.07) is 7.98. The van der Waals surface area contributed by atoms with Gasteiger partial charge in [0.25, 0.3) is 0 Å². The lowest BCUT2D eigenvalue weighted by molar-refractivity contribution is -0.132. The molecule has 30 heavy (non-hydrogen) atoms. The van der Waals surface area contributed by atoms with Crippen molar-refractivity contribution in [3.05, 3.63) is 30.1 Å². The molecule has 2 amide bonds. The van der Waals surface area contributed by atoms with Crippen LogP contribution in [-0.4, -0.2) is 58.6 Å². The Morgan fingerprint density at radius 3 is 2.67 bits per heavy atom. The first kappa shape index (κ1) is 20.8. The number of carbonyl (C=O) groups is 2. The first-order valence-electron chi connectivity index (χ1n) is 11.3. The van der Waals surface area contributed by atoms with Crippen molar-refractivity contribution >= 4 is 22.8 Å². The van der Waals surface area contributed by atoms with Crippen LogP contribution in [0.2, 0.25) is 0 Å². The molecule has 2 aromatic rings. The molecule has 2 saturated heterocycles. The summed E-state index contributed by atoms with van der Waals surface area (Å²) in [5.41, 5.74) is 1.92. The summed E-state index contributed by atoms with van der Waals surface area (Å²) in [5.74, 6) is 1.07. The maximum atomic E-state index is 13.0. The Bertz CT molecular complexity index is 864. The van der Waals surface area contributed by atoms with Gasteiger partial charge in [-0.25, -0.2) is 4.98 Å². The fraction of sp³-hybridized carbons (Fsp3) is 0.609. The highest BCUT2D eigenvalue weighted by atomic mass is 16.5. The second-order valence-electron chi connectivity index (χ2n) is 8.29. The van der Waals surface area contributed by atoms with E-state index >= 15 is 0 Å². The maximum absolute atomic E-state index is 13.0. The number of ether oxygens (including phenoxy) is 1. The fourth-order valence-electron chi connectivity index (χ4n) is 4.40. The van der Waals surface area contributed by atoms with E-state index < -0.39 is 0 Å². The van der Waals surface area contributed by atoms with Crippen molar-refractivity contribution in [2.45, 2.75) is 64.0 Å². The molecule has 0 spiro atoms. The van der Waals surface area contributed by atoms with Gasteiger partial charge < -0.3 is 19.5 Å². The van der Waals surface area contributed by atoms with E-state index in [1.165, 1.54) is 12.8 Å². The smallest absolute Gasteiger partial charge is 0.249 e. The Kier molecular flexibility index (Phi) is 7.00. The van der Waals surface area contributed by atoms with E-state index in [4.69, 9.17) is 9.72 Å². The summed E-state index contributed by atoms with van der Waals surface area (Å²) >= 11 is 0. The number of nitrogens with one attached hydrogen (secondary N) is 1. The number of hydrogen-bond donors (Lipinski definition) is 1. The van der Waals surface area contributed by atoms with Gasteiger partial charge in [0, 0.05) is 32.7 Å². The Balaban J connectivity index is 1.39. The van der Waals surface area contributed by atoms with Gasteiger partial charge in [0.15, 0.2) is 0 Å². The summed E-state index contributed by atoms with van der Waals surface area (Å²) in [6.07, 6.45) is 7.56. The third-order valence-electron chi connectivity index (χ3n) is 6.08. The number of para-hydroxylation sites is 2. The molecule has 2 fully saturated rings. The fourth-order valence-corrected chi connectivity index (χ4v) is 4.40. The van der Waals surface area contributed by atoms with Crippen LogP contribution in [0.4, 0.5) is 0 Å². The molecule has 1 atom stereocenters. The lowest BCUT2D eigenvalue weighted by Crippen LogP contribution is -2.35. The van der Waals surface area contributed by atoms with E-state index in [-0.39, 0.29) is 17.9 Å². The number of carbonyl (C=O) groups excluding carboxylic acids is 2. The van der Waals surface area contributed by atoms with Crippen LogP contribution in [0, 0.1) is 0 Å². The van der Waals surface area contributed by atoms with Crippen LogP contribution < -0.4 is 5.32 Å². The number of hydrogen-bond acceptors (Lipinski definition) is 4. The monoisotopic (exact) mass is 412 g/mol. The molecule has 0 radical (unpaired) electrons. The van der Waals surface area contributed by atoms with Gasteiger partial charge in [-0.05, 0) is 44.2 Å². The number of rotatable bonds is 7. The summed E-state index contributed by atoms with van der Waals surface area (Å²) in [4.78, 5) is 31.9. The summed E-state index contributed by atoms with van der Waals surface area (Å²) in [6.45, 7) is 3.30. The molecule has 0 bridgehead atoms. The van der Waals surface area contributed by atoms with Crippen molar-refractivity contribution < 1.29 is 14.3 Å². The number of aryl methyl sites for hydroxylation is 1. The molecule has 4 rings (SSSR count). The molecule has 3 heterocycles. The van der Waals surface area contributed by atoms with E-state index in [2.05, 4.69) is 9.88 Å². The van der Waals surface area contributed by atoms with E-state index in [1.54, 1.807) is 0 Å². The minimum Gasteiger partial charge on any atom is -0.368 e. The van der Waals surface area contributed by atoms with Gasteiger partial charge in [0.1, 0.15) is 18.5 Å². The normalized spacial score (nSPS) is 19.7. The van der Waals surface area contributed by atoms with Crippen molar-refractivity contribution in [2.75, 3.05) is 26.2 Å². The molecule has 162 valence electrons. The SMILES string of the molecule is O=C(NCCCc1nc2ccccc2n1CC(=O)N1CCCCCC1)C1CCCO1. The Morgan fingerprint density at radius 2 is 1.90 bits per heavy atom. The molecule has 2 aliphatic heterocycles. The zero-order valence-electron chi connectivity index (χ0n) is 17.6. The lowest BCUT2D eigenvalue weighted by Gasteiger charge is -2.21. The molecular formula is C23H32N4O3. The highest BCUT2D eigenvalue weighted by Gasteiger charge is 2.23. The minimum absolute atomic E-state index is 0.0163. The zero-order valence-corrected chi connectivity index (χ0v) is 17.6. The highest BCUT2D eigenvalue weighted by Crippen LogP contribution is 2.19. The van der Waals surface area contributed by atoms with E-state index in [9.17, 15) is 9.59 Å². The van der Waals surface area contributed by atoms with Crippen molar-refractivity contribution in [3.8, 4) is 0 Å². The number of aromatic nitrogens is 2. The molecular weight excluding hydrogens is 380 g/mol. The quantitative estimate of drug-likeness (QED) is 0.710. The van der Waals surface area contributed by atoms with Gasteiger partial charge >= 0.3 is 0 Å². The molecule has 0 aliphatic carbocycles. The van der Waals surface area contributed by atoms with Crippen LogP contribution in [0.3, 0.4) is 0 Å². The predicted octanol–water partition coefficient (Wildman–Crippen LogP) is 2.67. The third-order valence-corrected chi connectivity index (χ3v) is 6.08. The minimum atomic E-state index is -0.291. The van der Waals surface area contributed by atoms with Crippen LogP contribution >= 0.6 is 0 Å². The van der Waals surface area contributed by atoms with Gasteiger partial charge in [0.2, 0.25) is 11.8 Å². The second kappa shape index (κ2) is 10.1. The van der Waals surface area contributed by atoms with E-state index in [0.29, 0.717) is 26.1 Å². The van der Waals surface area contributed by atoms with Crippen LogP contribution in [0.5, 0.6) is 0 Å². The van der Waals surface area contributed by atoms with Crippen molar-refractivity contribution in [3.63, 3.8) is 0 Å². The first-order chi connectivity index (χ1) is 14.7. The van der Waals surface area contributed by atoms with E-state index in [0.717, 1.165) is 62.1 Å². The van der Waals surface area contributed by atoms with Crippen LogP contribution in [0.15, 0.2) is 24.3 Å². The molecule has 0 saturated carbocycles. The molecule has 2 aliphatic rings. The molecule has 7 nitrogen and oxygen atoms in total. The number of imidazole rings is 1. The Hall–Kier alpha value is -2.41. The summed E-state index contributed by atoms with van der Waals surface area (Å²) in [5, 5.41) is 2.97. The van der Waals surface area contributed by atoms with Gasteiger partial charge in [-0.15, -0.1) is 0 Å². The molecule has 7 heteroatoms. The average molecular weight is 413 g/mol. The first-order valence-corrected chi connectivity index (χ1v) is 11.3. The second-order valence-corrected chi connectivity index (χ2v) is 8.29. The number of benzene rings is 1. The van der Waals surface area contributed by atoms with Gasteiger partial charge in [-0.3, -0.25) is 9.59 Å². The third kappa shape index (κ3) is 5.01. The topological polar surface area (TPSA) is 76.5 Å². The maximum Gasteiger partial charge on any atom is 0.249 e. The largest absolute Gasteiger partial charge is 0.368 e. The van der Waals surface area contributed by atoms with Gasteiger partial charge in [-0.2, -0.15) is 0 Å². The summed E-state index contributed by atoms with van der Waals surface area (Å²) < 4.78 is 7.49. The van der Waals surface area contributed by atoms with Crippen molar-refractivity contribution in [1.82, 2.24) is 19.8 Å². The molecule has 1 unspecified atom stereocenters. The standard InChI is InChI=1S/C23H32N4O3/c28-22(26-14-5-1-2-6-15-26)17-27-19-10-4-3-9-18(19)25-21(27)12-7-13-24-23(29)20-11-8-16-30-20/h3-4,9-10,20H,1-2,5-8,11-17H2,(H,24,29). The molecule has 1 aromatic carbocycles. The van der Waals surface area contributed by atoms with Crippen LogP contribution in [0.1, 0.15) is 50.8 Å². The molecule has 1 N–H and O–H groups in total. The number of likely N-dealkylation sites (tertiary alicyclic amines) is 1. The Labute approximate surface area is 177 Å². The van der Waals surface area contributed by atoms with Crippen molar-refractivity contribution in [1.29, 1.82) is 0 Å². The van der Waals surface area contributed by atoms with Gasteiger partial charge in [-0.1, -0.05) is 25.0 Å². The predicted molar refractivity (Wildman–Crippen MR) is 115 cm³/mol. The lowest BCUT2D eigenvalue weighted by atomic mass is 10.2. The number of amides is 2. The average Bonchev–Trinajstić information content (AvgIpc) is 3.32. The van der Waals surface area contributed by atoms with Crippen LogP contribution in [-0.2, 0) is 27.3 Å².